The first kappa shape index (κ1) is 21.4. The van der Waals surface area contributed by atoms with E-state index in [0.29, 0.717) is 22.0 Å². The maximum absolute atomic E-state index is 12.3. The number of ketones is 1. The third-order valence-corrected chi connectivity index (χ3v) is 4.48. The minimum Gasteiger partial charge on any atom is -0.495 e. The summed E-state index contributed by atoms with van der Waals surface area (Å²) < 4.78 is 10.3. The molecule has 1 N–H and O–H groups in total. The fourth-order valence-corrected chi connectivity index (χ4v) is 2.61. The second-order valence-corrected chi connectivity index (χ2v) is 6.62. The number of ether oxygens (including phenoxy) is 2. The van der Waals surface area contributed by atoms with E-state index in [1.165, 1.54) is 14.0 Å². The molecule has 0 fully saturated rings. The number of Topliss-reactive ketones (excluding diaryl/α,β-unsaturated/α-hetero) is 1. The van der Waals surface area contributed by atoms with Gasteiger partial charge in [-0.25, -0.2) is 0 Å². The van der Waals surface area contributed by atoms with Crippen LogP contribution in [0.4, 0.5) is 5.69 Å². The lowest BCUT2D eigenvalue weighted by Crippen LogP contribution is -2.30. The first-order valence-corrected chi connectivity index (χ1v) is 9.12. The van der Waals surface area contributed by atoms with Gasteiger partial charge in [-0.3, -0.25) is 14.4 Å². The van der Waals surface area contributed by atoms with Crippen LogP contribution in [0.25, 0.3) is 0 Å². The van der Waals surface area contributed by atoms with E-state index in [2.05, 4.69) is 5.32 Å². The molecule has 0 aliphatic carbocycles. The van der Waals surface area contributed by atoms with Gasteiger partial charge in [0.05, 0.1) is 19.2 Å². The molecule has 0 aliphatic rings. The second-order valence-electron chi connectivity index (χ2n) is 6.21. The van der Waals surface area contributed by atoms with Crippen LogP contribution in [0.3, 0.4) is 0 Å². The number of benzene rings is 2. The van der Waals surface area contributed by atoms with E-state index >= 15 is 0 Å². The van der Waals surface area contributed by atoms with Gasteiger partial charge in [0.25, 0.3) is 5.91 Å². The number of methoxy groups -OCH3 is 1. The van der Waals surface area contributed by atoms with Crippen LogP contribution in [0.15, 0.2) is 42.5 Å². The Morgan fingerprint density at radius 3 is 2.43 bits per heavy atom. The van der Waals surface area contributed by atoms with Crippen molar-refractivity contribution in [3.05, 3.63) is 58.6 Å². The monoisotopic (exact) mass is 403 g/mol. The van der Waals surface area contributed by atoms with Crippen molar-refractivity contribution >= 4 is 34.9 Å². The lowest BCUT2D eigenvalue weighted by atomic mass is 10.1. The topological polar surface area (TPSA) is 81.7 Å². The SMILES string of the molecule is COc1cc(Cl)c(C)cc1NC(=O)[C@H](C)OC(=O)CCC(=O)c1ccccc1. The normalized spacial score (nSPS) is 11.4. The Bertz CT molecular complexity index is 867. The molecule has 0 saturated carbocycles. The van der Waals surface area contributed by atoms with Gasteiger partial charge in [-0.15, -0.1) is 0 Å². The van der Waals surface area contributed by atoms with Crippen LogP contribution in [0.1, 0.15) is 35.7 Å². The van der Waals surface area contributed by atoms with Crippen molar-refractivity contribution in [1.82, 2.24) is 0 Å². The van der Waals surface area contributed by atoms with Gasteiger partial charge in [-0.05, 0) is 25.5 Å². The maximum atomic E-state index is 12.3. The fraction of sp³-hybridized carbons (Fsp3) is 0.286. The number of aryl methyl sites for hydroxylation is 1. The summed E-state index contributed by atoms with van der Waals surface area (Å²) in [7, 11) is 1.46. The van der Waals surface area contributed by atoms with Crippen molar-refractivity contribution in [2.75, 3.05) is 12.4 Å². The molecule has 0 heterocycles. The minimum absolute atomic E-state index is 0.0153. The molecule has 1 amide bonds. The average Bonchev–Trinajstić information content (AvgIpc) is 2.69. The summed E-state index contributed by atoms with van der Waals surface area (Å²) in [6.45, 7) is 3.26. The van der Waals surface area contributed by atoms with Gasteiger partial charge in [0, 0.05) is 23.1 Å². The predicted molar refractivity (Wildman–Crippen MR) is 107 cm³/mol. The predicted octanol–water partition coefficient (Wildman–Crippen LogP) is 4.19. The van der Waals surface area contributed by atoms with E-state index in [9.17, 15) is 14.4 Å². The fourth-order valence-electron chi connectivity index (χ4n) is 2.46. The largest absolute Gasteiger partial charge is 0.495 e. The lowest BCUT2D eigenvalue weighted by molar-refractivity contribution is -0.153. The van der Waals surface area contributed by atoms with Gasteiger partial charge >= 0.3 is 5.97 Å². The summed E-state index contributed by atoms with van der Waals surface area (Å²) in [5, 5.41) is 3.17. The Balaban J connectivity index is 1.89. The number of carbonyl (C=O) groups is 3. The second kappa shape index (κ2) is 9.90. The first-order chi connectivity index (χ1) is 13.3. The molecule has 0 aliphatic heterocycles. The van der Waals surface area contributed by atoms with E-state index in [4.69, 9.17) is 21.1 Å². The zero-order chi connectivity index (χ0) is 20.7. The maximum Gasteiger partial charge on any atom is 0.307 e. The van der Waals surface area contributed by atoms with Crippen molar-refractivity contribution in [1.29, 1.82) is 0 Å². The van der Waals surface area contributed by atoms with Crippen LogP contribution in [0, 0.1) is 6.92 Å². The van der Waals surface area contributed by atoms with E-state index < -0.39 is 18.0 Å². The van der Waals surface area contributed by atoms with Crippen LogP contribution < -0.4 is 10.1 Å². The molecule has 1 atom stereocenters. The molecule has 7 heteroatoms. The van der Waals surface area contributed by atoms with Crippen molar-refractivity contribution in [2.45, 2.75) is 32.8 Å². The van der Waals surface area contributed by atoms with Crippen LogP contribution in [0.2, 0.25) is 5.02 Å². The van der Waals surface area contributed by atoms with E-state index in [1.54, 1.807) is 43.3 Å². The number of hydrogen-bond acceptors (Lipinski definition) is 5. The van der Waals surface area contributed by atoms with Crippen LogP contribution in [0.5, 0.6) is 5.75 Å². The van der Waals surface area contributed by atoms with Crippen LogP contribution >= 0.6 is 11.6 Å². The van der Waals surface area contributed by atoms with Crippen LogP contribution in [-0.2, 0) is 14.3 Å². The number of rotatable bonds is 8. The smallest absolute Gasteiger partial charge is 0.307 e. The molecule has 6 nitrogen and oxygen atoms in total. The average molecular weight is 404 g/mol. The highest BCUT2D eigenvalue weighted by atomic mass is 35.5. The molecule has 0 spiro atoms. The van der Waals surface area contributed by atoms with Crippen molar-refractivity contribution < 1.29 is 23.9 Å². The summed E-state index contributed by atoms with van der Waals surface area (Å²) in [4.78, 5) is 36.3. The van der Waals surface area contributed by atoms with Gasteiger partial charge in [0.2, 0.25) is 0 Å². The number of anilines is 1. The van der Waals surface area contributed by atoms with Gasteiger partial charge in [0.1, 0.15) is 5.75 Å². The molecule has 148 valence electrons. The summed E-state index contributed by atoms with van der Waals surface area (Å²) in [5.41, 5.74) is 1.73. The zero-order valence-corrected chi connectivity index (χ0v) is 16.7. The number of nitrogens with one attached hydrogen (secondary N) is 1. The first-order valence-electron chi connectivity index (χ1n) is 8.74. The number of hydrogen-bond donors (Lipinski definition) is 1. The lowest BCUT2D eigenvalue weighted by Gasteiger charge is -2.16. The molecule has 2 aromatic carbocycles. The molecule has 2 rings (SSSR count). The third-order valence-electron chi connectivity index (χ3n) is 4.07. The molecule has 0 saturated heterocycles. The van der Waals surface area contributed by atoms with Crippen molar-refractivity contribution in [2.24, 2.45) is 0 Å². The summed E-state index contributed by atoms with van der Waals surface area (Å²) in [6, 6.07) is 12.0. The minimum atomic E-state index is -1.03. The Hall–Kier alpha value is -2.86. The summed E-state index contributed by atoms with van der Waals surface area (Å²) in [5.74, 6) is -0.888. The van der Waals surface area contributed by atoms with Crippen molar-refractivity contribution in [3.8, 4) is 5.75 Å². The molecular weight excluding hydrogens is 382 g/mol. The number of carbonyl (C=O) groups excluding carboxylic acids is 3. The number of esters is 1. The van der Waals surface area contributed by atoms with Crippen molar-refractivity contribution in [3.63, 3.8) is 0 Å². The van der Waals surface area contributed by atoms with Crippen LogP contribution in [-0.4, -0.2) is 30.9 Å². The zero-order valence-electron chi connectivity index (χ0n) is 16.0. The highest BCUT2D eigenvalue weighted by molar-refractivity contribution is 6.31. The van der Waals surface area contributed by atoms with E-state index in [1.807, 2.05) is 6.07 Å². The van der Waals surface area contributed by atoms with Gasteiger partial charge in [-0.2, -0.15) is 0 Å². The Morgan fingerprint density at radius 2 is 1.79 bits per heavy atom. The molecule has 2 aromatic rings. The summed E-state index contributed by atoms with van der Waals surface area (Å²) in [6.07, 6.45) is -1.11. The number of amides is 1. The molecule has 0 aromatic heterocycles. The highest BCUT2D eigenvalue weighted by Crippen LogP contribution is 2.31. The molecule has 0 bridgehead atoms. The van der Waals surface area contributed by atoms with E-state index in [0.717, 1.165) is 5.56 Å². The molecule has 0 unspecified atom stereocenters. The molecule has 28 heavy (non-hydrogen) atoms. The quantitative estimate of drug-likeness (QED) is 0.528. The molecule has 0 radical (unpaired) electrons. The van der Waals surface area contributed by atoms with Gasteiger partial charge in [0.15, 0.2) is 11.9 Å². The van der Waals surface area contributed by atoms with Gasteiger partial charge < -0.3 is 14.8 Å². The Labute approximate surface area is 168 Å². The molecular formula is C21H22ClNO5. The number of halogens is 1. The Morgan fingerprint density at radius 1 is 1.11 bits per heavy atom. The third kappa shape index (κ3) is 5.82. The van der Waals surface area contributed by atoms with Gasteiger partial charge in [-0.1, -0.05) is 41.9 Å². The van der Waals surface area contributed by atoms with E-state index in [-0.39, 0.29) is 18.6 Å². The Kier molecular flexibility index (Phi) is 7.58. The standard InChI is InChI=1S/C21H22ClNO5/c1-13-11-17(19(27-3)12-16(13)22)23-21(26)14(2)28-20(25)10-9-18(24)15-7-5-4-6-8-15/h4-8,11-12,14H,9-10H2,1-3H3,(H,23,26)/t14-/m0/s1. The highest BCUT2D eigenvalue weighted by Gasteiger charge is 2.20. The summed E-state index contributed by atoms with van der Waals surface area (Å²) >= 11 is 6.05.